The molecule has 1 aromatic rings. The van der Waals surface area contributed by atoms with Gasteiger partial charge in [-0.05, 0) is 43.7 Å². The monoisotopic (exact) mass is 290 g/mol. The van der Waals surface area contributed by atoms with Crippen molar-refractivity contribution in [2.75, 3.05) is 26.3 Å². The van der Waals surface area contributed by atoms with Crippen molar-refractivity contribution >= 4 is 0 Å². The van der Waals surface area contributed by atoms with Gasteiger partial charge in [0.05, 0.1) is 6.61 Å². The van der Waals surface area contributed by atoms with Crippen molar-refractivity contribution in [3.63, 3.8) is 0 Å². The number of ether oxygens (including phenoxy) is 1. The van der Waals surface area contributed by atoms with E-state index in [-0.39, 0.29) is 6.61 Å². The Bertz CT molecular complexity index is 448. The second-order valence-electron chi connectivity index (χ2n) is 6.28. The smallest absolute Gasteiger partial charge is 0.123 e. The largest absolute Gasteiger partial charge is 0.493 e. The quantitative estimate of drug-likeness (QED) is 0.680. The van der Waals surface area contributed by atoms with E-state index < -0.39 is 0 Å². The van der Waals surface area contributed by atoms with E-state index in [4.69, 9.17) is 9.84 Å². The van der Waals surface area contributed by atoms with Crippen LogP contribution in [-0.4, -0.2) is 37.5 Å². The Kier molecular flexibility index (Phi) is 5.12. The van der Waals surface area contributed by atoms with Crippen LogP contribution in [0.2, 0.25) is 0 Å². The number of benzene rings is 1. The third kappa shape index (κ3) is 4.19. The van der Waals surface area contributed by atoms with Crippen LogP contribution >= 0.6 is 0 Å². The zero-order valence-corrected chi connectivity index (χ0v) is 12.6. The summed E-state index contributed by atoms with van der Waals surface area (Å²) in [6.07, 6.45) is 3.50. The van der Waals surface area contributed by atoms with E-state index in [2.05, 4.69) is 28.8 Å². The molecule has 2 unspecified atom stereocenters. The normalized spacial score (nSPS) is 25.2. The van der Waals surface area contributed by atoms with Gasteiger partial charge < -0.3 is 20.5 Å². The summed E-state index contributed by atoms with van der Waals surface area (Å²) < 4.78 is 5.95. The Morgan fingerprint density at radius 2 is 2.10 bits per heavy atom. The van der Waals surface area contributed by atoms with Crippen molar-refractivity contribution in [3.8, 4) is 5.75 Å². The third-order valence-corrected chi connectivity index (χ3v) is 4.54. The maximum Gasteiger partial charge on any atom is 0.123 e. The molecule has 0 amide bonds. The second kappa shape index (κ2) is 7.25. The van der Waals surface area contributed by atoms with Crippen LogP contribution in [0.1, 0.15) is 24.8 Å². The van der Waals surface area contributed by atoms with Crippen LogP contribution in [0.25, 0.3) is 0 Å². The number of para-hydroxylation sites is 1. The van der Waals surface area contributed by atoms with Gasteiger partial charge in [-0.1, -0.05) is 18.2 Å². The molecule has 3 rings (SSSR count). The molecule has 0 bridgehead atoms. The predicted molar refractivity (Wildman–Crippen MR) is 83.4 cm³/mol. The second-order valence-corrected chi connectivity index (χ2v) is 6.28. The summed E-state index contributed by atoms with van der Waals surface area (Å²) in [7, 11) is 0. The molecule has 1 heterocycles. The van der Waals surface area contributed by atoms with Gasteiger partial charge in [0.1, 0.15) is 5.75 Å². The molecule has 21 heavy (non-hydrogen) atoms. The fourth-order valence-electron chi connectivity index (χ4n) is 2.96. The summed E-state index contributed by atoms with van der Waals surface area (Å²) >= 11 is 0. The van der Waals surface area contributed by atoms with Crippen LogP contribution in [-0.2, 0) is 6.54 Å². The first-order valence-corrected chi connectivity index (χ1v) is 8.12. The van der Waals surface area contributed by atoms with Crippen LogP contribution < -0.4 is 15.4 Å². The fraction of sp³-hybridized carbons (Fsp3) is 0.647. The van der Waals surface area contributed by atoms with Gasteiger partial charge >= 0.3 is 0 Å². The predicted octanol–water partition coefficient (Wildman–Crippen LogP) is 1.54. The summed E-state index contributed by atoms with van der Waals surface area (Å²) in [5.74, 6) is 2.31. The first-order valence-electron chi connectivity index (χ1n) is 8.12. The molecule has 0 radical (unpaired) electrons. The summed E-state index contributed by atoms with van der Waals surface area (Å²) in [6, 6.07) is 8.75. The Hall–Kier alpha value is -1.10. The lowest BCUT2D eigenvalue weighted by Gasteiger charge is -2.20. The standard InChI is InChI=1S/C17H26N2O2/c20-8-7-14-9-18-11-16(14)19-10-15-3-1-2-4-17(15)21-12-13-5-6-13/h1-4,13-14,16,18-20H,5-12H2. The molecule has 3 N–H and O–H groups in total. The van der Waals surface area contributed by atoms with Crippen molar-refractivity contribution in [2.24, 2.45) is 11.8 Å². The summed E-state index contributed by atoms with van der Waals surface area (Å²) in [4.78, 5) is 0. The highest BCUT2D eigenvalue weighted by atomic mass is 16.5. The molecule has 1 saturated carbocycles. The van der Waals surface area contributed by atoms with Gasteiger partial charge in [-0.15, -0.1) is 0 Å². The molecule has 4 heteroatoms. The molecule has 0 spiro atoms. The summed E-state index contributed by atoms with van der Waals surface area (Å²) in [5.41, 5.74) is 1.23. The minimum Gasteiger partial charge on any atom is -0.493 e. The lowest BCUT2D eigenvalue weighted by Crippen LogP contribution is -2.36. The highest BCUT2D eigenvalue weighted by Gasteiger charge is 2.26. The Balaban J connectivity index is 1.54. The lowest BCUT2D eigenvalue weighted by atomic mass is 10.00. The highest BCUT2D eigenvalue weighted by molar-refractivity contribution is 5.33. The van der Waals surface area contributed by atoms with E-state index >= 15 is 0 Å². The summed E-state index contributed by atoms with van der Waals surface area (Å²) in [5, 5.41) is 16.2. The molecule has 1 aliphatic heterocycles. The third-order valence-electron chi connectivity index (χ3n) is 4.54. The molecule has 2 fully saturated rings. The van der Waals surface area contributed by atoms with Crippen LogP contribution in [0.5, 0.6) is 5.75 Å². The molecule has 0 aromatic heterocycles. The minimum atomic E-state index is 0.269. The molecule has 1 saturated heterocycles. The Morgan fingerprint density at radius 1 is 1.24 bits per heavy atom. The number of rotatable bonds is 8. The molecule has 1 aliphatic carbocycles. The Morgan fingerprint density at radius 3 is 2.90 bits per heavy atom. The van der Waals surface area contributed by atoms with Gasteiger partial charge in [0.25, 0.3) is 0 Å². The molecular weight excluding hydrogens is 264 g/mol. The SMILES string of the molecule is OCCC1CNCC1NCc1ccccc1OCC1CC1. The van der Waals surface area contributed by atoms with E-state index in [9.17, 15) is 0 Å². The topological polar surface area (TPSA) is 53.5 Å². The summed E-state index contributed by atoms with van der Waals surface area (Å²) in [6.45, 7) is 3.93. The first kappa shape index (κ1) is 14.8. The maximum absolute atomic E-state index is 9.13. The van der Waals surface area contributed by atoms with Crippen LogP contribution in [0.3, 0.4) is 0 Å². The van der Waals surface area contributed by atoms with Gasteiger partial charge in [-0.2, -0.15) is 0 Å². The number of nitrogens with one attached hydrogen (secondary N) is 2. The average Bonchev–Trinajstić information content (AvgIpc) is 3.24. The van der Waals surface area contributed by atoms with Crippen molar-refractivity contribution in [2.45, 2.75) is 31.8 Å². The molecule has 116 valence electrons. The van der Waals surface area contributed by atoms with E-state index in [1.54, 1.807) is 0 Å². The van der Waals surface area contributed by atoms with Gasteiger partial charge in [0.2, 0.25) is 0 Å². The average molecular weight is 290 g/mol. The van der Waals surface area contributed by atoms with Gasteiger partial charge in [0.15, 0.2) is 0 Å². The molecule has 1 aromatic carbocycles. The number of hydrogen-bond acceptors (Lipinski definition) is 4. The van der Waals surface area contributed by atoms with Gasteiger partial charge in [-0.3, -0.25) is 0 Å². The molecular formula is C17H26N2O2. The van der Waals surface area contributed by atoms with E-state index in [0.717, 1.165) is 44.3 Å². The zero-order chi connectivity index (χ0) is 14.5. The first-order chi connectivity index (χ1) is 10.4. The number of hydrogen-bond donors (Lipinski definition) is 3. The van der Waals surface area contributed by atoms with E-state index in [0.29, 0.717) is 12.0 Å². The van der Waals surface area contributed by atoms with Crippen LogP contribution in [0.4, 0.5) is 0 Å². The van der Waals surface area contributed by atoms with Crippen molar-refractivity contribution < 1.29 is 9.84 Å². The molecule has 2 atom stereocenters. The number of aliphatic hydroxyl groups excluding tert-OH is 1. The van der Waals surface area contributed by atoms with Crippen LogP contribution in [0, 0.1) is 11.8 Å². The zero-order valence-electron chi connectivity index (χ0n) is 12.6. The molecule has 4 nitrogen and oxygen atoms in total. The van der Waals surface area contributed by atoms with Crippen molar-refractivity contribution in [1.29, 1.82) is 0 Å². The van der Waals surface area contributed by atoms with Gasteiger partial charge in [0, 0.05) is 31.3 Å². The van der Waals surface area contributed by atoms with Gasteiger partial charge in [-0.25, -0.2) is 0 Å². The van der Waals surface area contributed by atoms with E-state index in [1.807, 2.05) is 6.07 Å². The lowest BCUT2D eigenvalue weighted by molar-refractivity contribution is 0.247. The Labute approximate surface area is 126 Å². The number of aliphatic hydroxyl groups is 1. The van der Waals surface area contributed by atoms with Crippen molar-refractivity contribution in [3.05, 3.63) is 29.8 Å². The van der Waals surface area contributed by atoms with Crippen LogP contribution in [0.15, 0.2) is 24.3 Å². The molecule has 2 aliphatic rings. The van der Waals surface area contributed by atoms with E-state index in [1.165, 1.54) is 18.4 Å². The highest BCUT2D eigenvalue weighted by Crippen LogP contribution is 2.30. The fourth-order valence-corrected chi connectivity index (χ4v) is 2.96. The van der Waals surface area contributed by atoms with Crippen molar-refractivity contribution in [1.82, 2.24) is 10.6 Å². The minimum absolute atomic E-state index is 0.269. The maximum atomic E-state index is 9.13.